The summed E-state index contributed by atoms with van der Waals surface area (Å²) in [4.78, 5) is 17.7. The van der Waals surface area contributed by atoms with Gasteiger partial charge >= 0.3 is 0 Å². The molecule has 0 saturated heterocycles. The van der Waals surface area contributed by atoms with E-state index in [0.29, 0.717) is 12.1 Å². The van der Waals surface area contributed by atoms with Gasteiger partial charge < -0.3 is 5.32 Å². The molecule has 8 heteroatoms. The number of amides is 1. The van der Waals surface area contributed by atoms with Crippen LogP contribution < -0.4 is 10.0 Å². The van der Waals surface area contributed by atoms with Crippen LogP contribution in [0, 0.1) is 19.3 Å². The molecule has 3 rings (SSSR count). The molecule has 3 N–H and O–H groups in total. The first kappa shape index (κ1) is 24.1. The van der Waals surface area contributed by atoms with Crippen molar-refractivity contribution >= 4 is 34.2 Å². The van der Waals surface area contributed by atoms with Crippen LogP contribution >= 0.6 is 11.3 Å². The van der Waals surface area contributed by atoms with E-state index < -0.39 is 16.7 Å². The van der Waals surface area contributed by atoms with E-state index in [0.717, 1.165) is 21.8 Å². The predicted molar refractivity (Wildman–Crippen MR) is 132 cm³/mol. The molecule has 6 nitrogen and oxygen atoms in total. The first-order valence-corrected chi connectivity index (χ1v) is 12.3. The topological polar surface area (TPSA) is 91.3 Å². The van der Waals surface area contributed by atoms with Crippen LogP contribution in [0.4, 0.5) is 5.69 Å². The van der Waals surface area contributed by atoms with Crippen molar-refractivity contribution in [1.29, 1.82) is 0 Å². The summed E-state index contributed by atoms with van der Waals surface area (Å²) in [6, 6.07) is 13.3. The number of nitrogens with one attached hydrogen (secondary N) is 2. The lowest BCUT2D eigenvalue weighted by Crippen LogP contribution is -2.38. The molecule has 0 aliphatic rings. The zero-order chi connectivity index (χ0) is 23.5. The van der Waals surface area contributed by atoms with Crippen molar-refractivity contribution in [2.24, 2.45) is 5.41 Å². The summed E-state index contributed by atoms with van der Waals surface area (Å²) in [7, 11) is 0. The highest BCUT2D eigenvalue weighted by molar-refractivity contribution is 7.80. The first-order valence-electron chi connectivity index (χ1n) is 10.3. The molecule has 1 aromatic heterocycles. The van der Waals surface area contributed by atoms with Gasteiger partial charge in [0.1, 0.15) is 5.01 Å². The molecule has 32 heavy (non-hydrogen) atoms. The number of aromatic nitrogens is 1. The van der Waals surface area contributed by atoms with Crippen LogP contribution in [0.2, 0.25) is 0 Å². The van der Waals surface area contributed by atoms with Crippen molar-refractivity contribution in [2.45, 2.75) is 47.1 Å². The van der Waals surface area contributed by atoms with Crippen molar-refractivity contribution in [2.75, 3.05) is 4.72 Å². The molecule has 1 heterocycles. The second-order valence-electron chi connectivity index (χ2n) is 8.92. The van der Waals surface area contributed by atoms with E-state index >= 15 is 0 Å². The third-order valence-corrected chi connectivity index (χ3v) is 6.43. The van der Waals surface area contributed by atoms with E-state index in [-0.39, 0.29) is 11.9 Å². The Morgan fingerprint density at radius 1 is 1.16 bits per heavy atom. The van der Waals surface area contributed by atoms with E-state index in [4.69, 9.17) is 9.54 Å². The Morgan fingerprint density at radius 2 is 1.84 bits per heavy atom. The molecule has 2 atom stereocenters. The normalized spacial score (nSPS) is 13.4. The summed E-state index contributed by atoms with van der Waals surface area (Å²) in [5.74, 6) is -0.0419. The molecule has 2 unspecified atom stereocenters. The Labute approximate surface area is 195 Å². The van der Waals surface area contributed by atoms with Crippen LogP contribution in [-0.2, 0) is 22.5 Å². The average Bonchev–Trinajstić information content (AvgIpc) is 3.17. The predicted octanol–water partition coefficient (Wildman–Crippen LogP) is 5.42. The number of hydrogen-bond acceptors (Lipinski definition) is 4. The Balaban J connectivity index is 1.88. The Hall–Kier alpha value is -2.55. The van der Waals surface area contributed by atoms with Gasteiger partial charge in [-0.2, -0.15) is 0 Å². The fourth-order valence-electron chi connectivity index (χ4n) is 3.29. The SMILES string of the molecule is Cc1ccc(-c2csc(C(Cc3ccc(NS(=O)O)cc3)NC(=O)C(C)(C)C)n2)c(C)c1. The lowest BCUT2D eigenvalue weighted by Gasteiger charge is -2.23. The largest absolute Gasteiger partial charge is 0.346 e. The van der Waals surface area contributed by atoms with E-state index in [1.807, 2.05) is 38.3 Å². The first-order chi connectivity index (χ1) is 15.0. The van der Waals surface area contributed by atoms with Gasteiger partial charge in [-0.25, -0.2) is 9.19 Å². The Bertz CT molecular complexity index is 1120. The molecular formula is C24H29N3O3S2. The Kier molecular flexibility index (Phi) is 7.48. The number of nitrogens with zero attached hydrogens (tertiary/aromatic N) is 1. The number of carbonyl (C=O) groups is 1. The minimum atomic E-state index is -2.12. The molecule has 0 aliphatic carbocycles. The molecule has 3 aromatic rings. The molecular weight excluding hydrogens is 442 g/mol. The number of benzene rings is 2. The maximum atomic E-state index is 12.8. The number of aryl methyl sites for hydroxylation is 2. The molecule has 0 radical (unpaired) electrons. The van der Waals surface area contributed by atoms with Crippen molar-refractivity contribution in [3.8, 4) is 11.3 Å². The zero-order valence-corrected chi connectivity index (χ0v) is 20.6. The lowest BCUT2D eigenvalue weighted by molar-refractivity contribution is -0.129. The number of rotatable bonds is 7. The van der Waals surface area contributed by atoms with Crippen molar-refractivity contribution in [1.82, 2.24) is 10.3 Å². The van der Waals surface area contributed by atoms with Gasteiger partial charge in [-0.3, -0.25) is 14.1 Å². The van der Waals surface area contributed by atoms with Gasteiger partial charge in [-0.1, -0.05) is 56.7 Å². The summed E-state index contributed by atoms with van der Waals surface area (Å²) in [5, 5.41) is 6.04. The quantitative estimate of drug-likeness (QED) is 0.401. The van der Waals surface area contributed by atoms with Crippen LogP contribution in [-0.4, -0.2) is 19.7 Å². The number of anilines is 1. The monoisotopic (exact) mass is 471 g/mol. The smallest absolute Gasteiger partial charge is 0.259 e. The summed E-state index contributed by atoms with van der Waals surface area (Å²) in [6.45, 7) is 9.81. The summed E-state index contributed by atoms with van der Waals surface area (Å²) in [6.07, 6.45) is 0.560. The maximum Gasteiger partial charge on any atom is 0.259 e. The fourth-order valence-corrected chi connectivity index (χ4v) is 4.50. The molecule has 0 spiro atoms. The molecule has 0 bridgehead atoms. The highest BCUT2D eigenvalue weighted by atomic mass is 32.2. The minimum absolute atomic E-state index is 0.0419. The number of thiazole rings is 1. The zero-order valence-electron chi connectivity index (χ0n) is 18.9. The fraction of sp³-hybridized carbons (Fsp3) is 0.333. The van der Waals surface area contributed by atoms with Crippen LogP contribution in [0.3, 0.4) is 0 Å². The average molecular weight is 472 g/mol. The highest BCUT2D eigenvalue weighted by Gasteiger charge is 2.26. The third-order valence-electron chi connectivity index (χ3n) is 5.06. The van der Waals surface area contributed by atoms with Gasteiger partial charge in [0, 0.05) is 22.0 Å². The van der Waals surface area contributed by atoms with Crippen molar-refractivity contribution < 1.29 is 13.6 Å². The second-order valence-corrected chi connectivity index (χ2v) is 10.5. The van der Waals surface area contributed by atoms with Crippen LogP contribution in [0.25, 0.3) is 11.3 Å². The van der Waals surface area contributed by atoms with Gasteiger partial charge in [0.15, 0.2) is 0 Å². The maximum absolute atomic E-state index is 12.8. The minimum Gasteiger partial charge on any atom is -0.346 e. The molecule has 0 fully saturated rings. The Morgan fingerprint density at radius 3 is 2.44 bits per heavy atom. The summed E-state index contributed by atoms with van der Waals surface area (Å²) < 4.78 is 22.4. The highest BCUT2D eigenvalue weighted by Crippen LogP contribution is 2.30. The van der Waals surface area contributed by atoms with E-state index in [1.165, 1.54) is 22.5 Å². The number of hydrogen-bond donors (Lipinski definition) is 3. The number of carbonyl (C=O) groups excluding carboxylic acids is 1. The van der Waals surface area contributed by atoms with Gasteiger partial charge in [0.05, 0.1) is 11.7 Å². The van der Waals surface area contributed by atoms with Crippen LogP contribution in [0.1, 0.15) is 48.5 Å². The standard InChI is InChI=1S/C24H29N3O3S2/c1-15-6-11-19(16(2)12-15)21-14-31-22(25-21)20(26-23(28)24(3,4)5)13-17-7-9-18(10-8-17)27-32(29)30/h6-12,14,20,27H,13H2,1-5H3,(H,26,28)(H,29,30). The van der Waals surface area contributed by atoms with E-state index in [1.54, 1.807) is 12.1 Å². The molecule has 1 amide bonds. The lowest BCUT2D eigenvalue weighted by atomic mass is 9.94. The van der Waals surface area contributed by atoms with E-state index in [9.17, 15) is 9.00 Å². The van der Waals surface area contributed by atoms with Crippen molar-refractivity contribution in [3.05, 3.63) is 69.5 Å². The third kappa shape index (κ3) is 6.25. The summed E-state index contributed by atoms with van der Waals surface area (Å²) >= 11 is -0.578. The summed E-state index contributed by atoms with van der Waals surface area (Å²) in [5.41, 5.74) is 5.39. The molecule has 0 saturated carbocycles. The van der Waals surface area contributed by atoms with E-state index in [2.05, 4.69) is 42.1 Å². The molecule has 170 valence electrons. The van der Waals surface area contributed by atoms with Crippen LogP contribution in [0.5, 0.6) is 0 Å². The van der Waals surface area contributed by atoms with Crippen LogP contribution in [0.15, 0.2) is 47.8 Å². The van der Waals surface area contributed by atoms with Crippen molar-refractivity contribution in [3.63, 3.8) is 0 Å². The van der Waals surface area contributed by atoms with Gasteiger partial charge in [0.25, 0.3) is 11.3 Å². The molecule has 2 aromatic carbocycles. The van der Waals surface area contributed by atoms with Gasteiger partial charge in [-0.15, -0.1) is 11.3 Å². The van der Waals surface area contributed by atoms with Gasteiger partial charge in [0.2, 0.25) is 5.91 Å². The van der Waals surface area contributed by atoms with Gasteiger partial charge in [-0.05, 0) is 43.5 Å². The second kappa shape index (κ2) is 9.94. The molecule has 0 aliphatic heterocycles.